The molecule has 2 aromatic rings. The lowest BCUT2D eigenvalue weighted by atomic mass is 10.2. The molecule has 0 spiro atoms. The van der Waals surface area contributed by atoms with Crippen LogP contribution in [0.3, 0.4) is 0 Å². The van der Waals surface area contributed by atoms with E-state index in [2.05, 4.69) is 20.9 Å². The lowest BCUT2D eigenvalue weighted by molar-refractivity contribution is 0.0698. The molecular formula is C8H4BrNO2S. The normalized spacial score (nSPS) is 10.5. The Morgan fingerprint density at radius 1 is 1.62 bits per heavy atom. The van der Waals surface area contributed by atoms with E-state index in [1.165, 1.54) is 17.5 Å². The Kier molecular flexibility index (Phi) is 2.05. The summed E-state index contributed by atoms with van der Waals surface area (Å²) in [6.45, 7) is 0. The van der Waals surface area contributed by atoms with Crippen LogP contribution in [0.25, 0.3) is 10.1 Å². The van der Waals surface area contributed by atoms with Gasteiger partial charge in [0, 0.05) is 11.6 Å². The van der Waals surface area contributed by atoms with E-state index in [4.69, 9.17) is 5.11 Å². The molecule has 0 bridgehead atoms. The van der Waals surface area contributed by atoms with Crippen molar-refractivity contribution in [1.82, 2.24) is 4.98 Å². The second-order valence-electron chi connectivity index (χ2n) is 2.43. The third-order valence-electron chi connectivity index (χ3n) is 1.68. The van der Waals surface area contributed by atoms with Crippen LogP contribution in [0.5, 0.6) is 0 Å². The number of rotatable bonds is 1. The van der Waals surface area contributed by atoms with Gasteiger partial charge in [0.25, 0.3) is 0 Å². The highest BCUT2D eigenvalue weighted by atomic mass is 79.9. The highest BCUT2D eigenvalue weighted by Crippen LogP contribution is 2.29. The number of hydrogen-bond donors (Lipinski definition) is 1. The van der Waals surface area contributed by atoms with Gasteiger partial charge in [-0.1, -0.05) is 0 Å². The predicted octanol–water partition coefficient (Wildman–Crippen LogP) is 2.76. The van der Waals surface area contributed by atoms with Crippen LogP contribution in [-0.2, 0) is 0 Å². The number of carboxylic acid groups (broad SMARTS) is 1. The van der Waals surface area contributed by atoms with Crippen LogP contribution in [0.2, 0.25) is 0 Å². The molecule has 13 heavy (non-hydrogen) atoms. The Bertz CT molecular complexity index is 480. The fourth-order valence-corrected chi connectivity index (χ4v) is 2.49. The molecule has 1 N–H and O–H groups in total. The average Bonchev–Trinajstić information content (AvgIpc) is 2.53. The second kappa shape index (κ2) is 3.08. The molecule has 0 saturated carbocycles. The molecule has 0 aromatic carbocycles. The zero-order valence-electron chi connectivity index (χ0n) is 6.32. The Hall–Kier alpha value is -0.940. The van der Waals surface area contributed by atoms with Gasteiger partial charge in [0.15, 0.2) is 0 Å². The SMILES string of the molecule is O=C(O)c1cnc(Br)c2sccc12. The standard InChI is InChI=1S/C8H4BrNO2S/c9-7-6-4(1-2-13-6)5(3-10-7)8(11)12/h1-3H,(H,11,12). The van der Waals surface area contributed by atoms with Crippen molar-refractivity contribution in [2.45, 2.75) is 0 Å². The average molecular weight is 258 g/mol. The van der Waals surface area contributed by atoms with E-state index in [0.717, 1.165) is 10.1 Å². The molecule has 2 rings (SSSR count). The van der Waals surface area contributed by atoms with E-state index in [-0.39, 0.29) is 5.56 Å². The molecule has 0 aliphatic carbocycles. The van der Waals surface area contributed by atoms with Gasteiger partial charge in [-0.05, 0) is 27.4 Å². The summed E-state index contributed by atoms with van der Waals surface area (Å²) in [5.41, 5.74) is 0.249. The number of pyridine rings is 1. The number of nitrogens with zero attached hydrogens (tertiary/aromatic N) is 1. The van der Waals surface area contributed by atoms with E-state index in [0.29, 0.717) is 4.60 Å². The topological polar surface area (TPSA) is 50.2 Å². The van der Waals surface area contributed by atoms with Crippen LogP contribution >= 0.6 is 27.3 Å². The molecule has 66 valence electrons. The lowest BCUT2D eigenvalue weighted by Crippen LogP contribution is -1.97. The number of carbonyl (C=O) groups is 1. The van der Waals surface area contributed by atoms with Gasteiger partial charge in [-0.2, -0.15) is 0 Å². The van der Waals surface area contributed by atoms with E-state index in [1.807, 2.05) is 5.38 Å². The molecule has 0 aliphatic rings. The second-order valence-corrected chi connectivity index (χ2v) is 4.10. The van der Waals surface area contributed by atoms with Gasteiger partial charge < -0.3 is 5.11 Å². The van der Waals surface area contributed by atoms with Crippen molar-refractivity contribution in [3.63, 3.8) is 0 Å². The molecule has 0 radical (unpaired) electrons. The molecular weight excluding hydrogens is 254 g/mol. The summed E-state index contributed by atoms with van der Waals surface area (Å²) >= 11 is 4.74. The first-order valence-corrected chi connectivity index (χ1v) is 5.12. The van der Waals surface area contributed by atoms with Gasteiger partial charge in [-0.25, -0.2) is 9.78 Å². The third-order valence-corrected chi connectivity index (χ3v) is 3.46. The summed E-state index contributed by atoms with van der Waals surface area (Å²) in [5.74, 6) is -0.941. The number of thiophene rings is 1. The van der Waals surface area contributed by atoms with Gasteiger partial charge in [0.05, 0.1) is 10.3 Å². The maximum atomic E-state index is 10.8. The minimum atomic E-state index is -0.941. The number of aromatic carboxylic acids is 1. The van der Waals surface area contributed by atoms with E-state index in [1.54, 1.807) is 6.07 Å². The minimum Gasteiger partial charge on any atom is -0.478 e. The first-order valence-electron chi connectivity index (χ1n) is 3.45. The smallest absolute Gasteiger partial charge is 0.337 e. The van der Waals surface area contributed by atoms with Crippen LogP contribution in [0.1, 0.15) is 10.4 Å². The predicted molar refractivity (Wildman–Crippen MR) is 54.3 cm³/mol. The van der Waals surface area contributed by atoms with Crippen molar-refractivity contribution < 1.29 is 9.90 Å². The van der Waals surface area contributed by atoms with E-state index in [9.17, 15) is 4.79 Å². The Balaban J connectivity index is 2.86. The zero-order chi connectivity index (χ0) is 9.42. The highest BCUT2D eigenvalue weighted by Gasteiger charge is 2.11. The number of aromatic nitrogens is 1. The fraction of sp³-hybridized carbons (Fsp3) is 0. The first kappa shape index (κ1) is 8.65. The molecule has 0 saturated heterocycles. The largest absolute Gasteiger partial charge is 0.478 e. The van der Waals surface area contributed by atoms with Crippen LogP contribution in [0, 0.1) is 0 Å². The summed E-state index contributed by atoms with van der Waals surface area (Å²) in [7, 11) is 0. The lowest BCUT2D eigenvalue weighted by Gasteiger charge is -1.97. The van der Waals surface area contributed by atoms with Crippen LogP contribution in [-0.4, -0.2) is 16.1 Å². The third kappa shape index (κ3) is 1.34. The Morgan fingerprint density at radius 3 is 3.08 bits per heavy atom. The van der Waals surface area contributed by atoms with E-state index < -0.39 is 5.97 Å². The number of carboxylic acids is 1. The van der Waals surface area contributed by atoms with Crippen molar-refractivity contribution in [1.29, 1.82) is 0 Å². The molecule has 0 fully saturated rings. The van der Waals surface area contributed by atoms with Gasteiger partial charge >= 0.3 is 5.97 Å². The van der Waals surface area contributed by atoms with Crippen molar-refractivity contribution >= 4 is 43.3 Å². The first-order chi connectivity index (χ1) is 6.20. The van der Waals surface area contributed by atoms with Crippen LogP contribution in [0.15, 0.2) is 22.2 Å². The molecule has 5 heteroatoms. The molecule has 3 nitrogen and oxygen atoms in total. The molecule has 0 aliphatic heterocycles. The number of hydrogen-bond acceptors (Lipinski definition) is 3. The molecule has 0 amide bonds. The summed E-state index contributed by atoms with van der Waals surface area (Å²) in [5, 5.41) is 11.4. The molecule has 2 aromatic heterocycles. The Labute approximate surface area is 86.2 Å². The Morgan fingerprint density at radius 2 is 2.38 bits per heavy atom. The summed E-state index contributed by atoms with van der Waals surface area (Å²) in [4.78, 5) is 14.7. The monoisotopic (exact) mass is 257 g/mol. The van der Waals surface area contributed by atoms with Gasteiger partial charge in [-0.15, -0.1) is 11.3 Å². The van der Waals surface area contributed by atoms with Crippen molar-refractivity contribution in [2.75, 3.05) is 0 Å². The summed E-state index contributed by atoms with van der Waals surface area (Å²) in [6, 6.07) is 1.79. The van der Waals surface area contributed by atoms with Crippen LogP contribution in [0.4, 0.5) is 0 Å². The van der Waals surface area contributed by atoms with Crippen LogP contribution < -0.4 is 0 Å². The minimum absolute atomic E-state index is 0.249. The fourth-order valence-electron chi connectivity index (χ4n) is 1.10. The molecule has 0 unspecified atom stereocenters. The zero-order valence-corrected chi connectivity index (χ0v) is 8.72. The number of fused-ring (bicyclic) bond motifs is 1. The number of halogens is 1. The van der Waals surface area contributed by atoms with Gasteiger partial charge in [0.2, 0.25) is 0 Å². The highest BCUT2D eigenvalue weighted by molar-refractivity contribution is 9.10. The van der Waals surface area contributed by atoms with E-state index >= 15 is 0 Å². The maximum Gasteiger partial charge on any atom is 0.337 e. The quantitative estimate of drug-likeness (QED) is 0.800. The summed E-state index contributed by atoms with van der Waals surface area (Å²) < 4.78 is 1.57. The van der Waals surface area contributed by atoms with Crippen molar-refractivity contribution in [3.05, 3.63) is 27.8 Å². The van der Waals surface area contributed by atoms with Crippen molar-refractivity contribution in [2.24, 2.45) is 0 Å². The maximum absolute atomic E-state index is 10.8. The van der Waals surface area contributed by atoms with Crippen molar-refractivity contribution in [3.8, 4) is 0 Å². The summed E-state index contributed by atoms with van der Waals surface area (Å²) in [6.07, 6.45) is 1.36. The molecule has 0 atom stereocenters. The molecule has 2 heterocycles. The van der Waals surface area contributed by atoms with Gasteiger partial charge in [-0.3, -0.25) is 0 Å². The van der Waals surface area contributed by atoms with Gasteiger partial charge in [0.1, 0.15) is 4.60 Å².